The van der Waals surface area contributed by atoms with Gasteiger partial charge in [-0.3, -0.25) is 0 Å². The van der Waals surface area contributed by atoms with Crippen molar-refractivity contribution in [1.82, 2.24) is 5.32 Å². The number of unbranched alkanes of at least 4 members (excludes halogenated alkanes) is 1. The molecule has 0 radical (unpaired) electrons. The van der Waals surface area contributed by atoms with Crippen LogP contribution >= 0.6 is 0 Å². The van der Waals surface area contributed by atoms with Crippen molar-refractivity contribution >= 4 is 0 Å². The number of furan rings is 1. The van der Waals surface area contributed by atoms with E-state index in [1.54, 1.807) is 0 Å². The average molecular weight is 217 g/mol. The predicted octanol–water partition coefficient (Wildman–Crippen LogP) is 2.91. The van der Waals surface area contributed by atoms with E-state index in [1.165, 1.54) is 6.42 Å². The average Bonchev–Trinajstić information content (AvgIpc) is 2.83. The Balaban J connectivity index is 1.70. The Hall–Kier alpha value is -1.20. The number of hydrogen-bond donors (Lipinski definition) is 1. The molecule has 1 aliphatic carbocycles. The Morgan fingerprint density at radius 3 is 3.06 bits per heavy atom. The molecule has 2 heteroatoms. The summed E-state index contributed by atoms with van der Waals surface area (Å²) in [6.07, 6.45) is 8.34. The van der Waals surface area contributed by atoms with Crippen molar-refractivity contribution < 1.29 is 4.42 Å². The minimum absolute atomic E-state index is 0.676. The van der Waals surface area contributed by atoms with Gasteiger partial charge in [0.2, 0.25) is 0 Å². The molecule has 1 aromatic heterocycles. The van der Waals surface area contributed by atoms with E-state index < -0.39 is 0 Å². The first-order valence-corrected chi connectivity index (χ1v) is 6.04. The summed E-state index contributed by atoms with van der Waals surface area (Å²) in [6.45, 7) is 4.04. The topological polar surface area (TPSA) is 25.2 Å². The second-order valence-corrected chi connectivity index (χ2v) is 4.61. The van der Waals surface area contributed by atoms with Gasteiger partial charge in [0, 0.05) is 12.3 Å². The van der Waals surface area contributed by atoms with E-state index in [9.17, 15) is 0 Å². The summed E-state index contributed by atoms with van der Waals surface area (Å²) < 4.78 is 5.78. The van der Waals surface area contributed by atoms with Gasteiger partial charge in [-0.1, -0.05) is 6.92 Å². The molecule has 16 heavy (non-hydrogen) atoms. The van der Waals surface area contributed by atoms with Crippen LogP contribution < -0.4 is 5.32 Å². The molecule has 1 saturated carbocycles. The fourth-order valence-electron chi connectivity index (χ4n) is 1.93. The molecule has 0 aromatic carbocycles. The van der Waals surface area contributed by atoms with Crippen molar-refractivity contribution in [1.29, 1.82) is 0 Å². The molecule has 1 fully saturated rings. The third kappa shape index (κ3) is 2.90. The van der Waals surface area contributed by atoms with E-state index in [1.807, 2.05) is 0 Å². The monoisotopic (exact) mass is 217 g/mol. The first-order valence-electron chi connectivity index (χ1n) is 6.04. The molecule has 0 aliphatic heterocycles. The lowest BCUT2D eigenvalue weighted by Crippen LogP contribution is -2.13. The van der Waals surface area contributed by atoms with Crippen molar-refractivity contribution in [2.45, 2.75) is 38.6 Å². The fraction of sp³-hybridized carbons (Fsp3) is 0.571. The van der Waals surface area contributed by atoms with E-state index in [2.05, 4.69) is 30.3 Å². The third-order valence-electron chi connectivity index (χ3n) is 3.13. The van der Waals surface area contributed by atoms with Crippen LogP contribution in [0.2, 0.25) is 0 Å². The normalized spacial score (nSPS) is 23.0. The molecule has 1 aromatic rings. The van der Waals surface area contributed by atoms with Crippen molar-refractivity contribution in [2.24, 2.45) is 5.92 Å². The molecule has 1 aliphatic rings. The SMILES string of the molecule is C#CCCCNCc1ccc(C2CC2C)o1. The smallest absolute Gasteiger partial charge is 0.117 e. The zero-order valence-electron chi connectivity index (χ0n) is 9.83. The summed E-state index contributed by atoms with van der Waals surface area (Å²) in [5, 5.41) is 3.33. The van der Waals surface area contributed by atoms with E-state index >= 15 is 0 Å². The molecular weight excluding hydrogens is 198 g/mol. The van der Waals surface area contributed by atoms with Gasteiger partial charge < -0.3 is 9.73 Å². The molecule has 2 unspecified atom stereocenters. The lowest BCUT2D eigenvalue weighted by Gasteiger charge is -2.00. The maximum Gasteiger partial charge on any atom is 0.117 e. The largest absolute Gasteiger partial charge is 0.464 e. The predicted molar refractivity (Wildman–Crippen MR) is 65.0 cm³/mol. The molecule has 0 bridgehead atoms. The van der Waals surface area contributed by atoms with Gasteiger partial charge in [0.25, 0.3) is 0 Å². The number of nitrogens with one attached hydrogen (secondary N) is 1. The van der Waals surface area contributed by atoms with Crippen molar-refractivity contribution in [2.75, 3.05) is 6.54 Å². The maximum atomic E-state index is 5.78. The lowest BCUT2D eigenvalue weighted by atomic mass is 10.3. The molecule has 2 atom stereocenters. The molecule has 1 N–H and O–H groups in total. The minimum atomic E-state index is 0.676. The second-order valence-electron chi connectivity index (χ2n) is 4.61. The summed E-state index contributed by atoms with van der Waals surface area (Å²) in [5.74, 6) is 6.32. The van der Waals surface area contributed by atoms with Gasteiger partial charge in [0.15, 0.2) is 0 Å². The quantitative estimate of drug-likeness (QED) is 0.585. The van der Waals surface area contributed by atoms with E-state index in [4.69, 9.17) is 10.8 Å². The second kappa shape index (κ2) is 5.23. The van der Waals surface area contributed by atoms with Gasteiger partial charge in [-0.25, -0.2) is 0 Å². The molecule has 0 saturated heterocycles. The molecule has 0 amide bonds. The highest BCUT2D eigenvalue weighted by Gasteiger charge is 2.36. The zero-order chi connectivity index (χ0) is 11.4. The molecule has 2 rings (SSSR count). The van der Waals surface area contributed by atoms with Gasteiger partial charge in [-0.05, 0) is 37.4 Å². The number of rotatable bonds is 6. The number of hydrogen-bond acceptors (Lipinski definition) is 2. The van der Waals surface area contributed by atoms with Crippen LogP contribution in [0.4, 0.5) is 0 Å². The Bertz CT molecular complexity index is 374. The standard InChI is InChI=1S/C14H19NO/c1-3-4-5-8-15-10-12-6-7-14(16-12)13-9-11(13)2/h1,6-7,11,13,15H,4-5,8-10H2,2H3. The molecule has 2 nitrogen and oxygen atoms in total. The minimum Gasteiger partial charge on any atom is -0.464 e. The summed E-state index contributed by atoms with van der Waals surface area (Å²) in [6, 6.07) is 4.20. The van der Waals surface area contributed by atoms with Crippen LogP contribution in [0, 0.1) is 18.3 Å². The highest BCUT2D eigenvalue weighted by molar-refractivity contribution is 5.17. The van der Waals surface area contributed by atoms with Gasteiger partial charge in [-0.15, -0.1) is 12.3 Å². The maximum absolute atomic E-state index is 5.78. The van der Waals surface area contributed by atoms with Crippen LogP contribution in [0.5, 0.6) is 0 Å². The van der Waals surface area contributed by atoms with Gasteiger partial charge in [0.1, 0.15) is 11.5 Å². The summed E-state index contributed by atoms with van der Waals surface area (Å²) in [5.41, 5.74) is 0. The Labute approximate surface area is 97.4 Å². The van der Waals surface area contributed by atoms with Crippen molar-refractivity contribution in [3.05, 3.63) is 23.7 Å². The fourth-order valence-corrected chi connectivity index (χ4v) is 1.93. The van der Waals surface area contributed by atoms with Crippen LogP contribution in [-0.4, -0.2) is 6.54 Å². The van der Waals surface area contributed by atoms with E-state index in [0.29, 0.717) is 5.92 Å². The third-order valence-corrected chi connectivity index (χ3v) is 3.13. The first kappa shape index (κ1) is 11.3. The first-order chi connectivity index (χ1) is 7.81. The molecular formula is C14H19NO. The summed E-state index contributed by atoms with van der Waals surface area (Å²) in [4.78, 5) is 0. The van der Waals surface area contributed by atoms with Crippen LogP contribution in [0.1, 0.15) is 43.6 Å². The van der Waals surface area contributed by atoms with Gasteiger partial charge in [-0.2, -0.15) is 0 Å². The molecule has 0 spiro atoms. The summed E-state index contributed by atoms with van der Waals surface area (Å²) in [7, 11) is 0. The van der Waals surface area contributed by atoms with Crippen LogP contribution in [0.25, 0.3) is 0 Å². The highest BCUT2D eigenvalue weighted by atomic mass is 16.3. The Morgan fingerprint density at radius 1 is 1.56 bits per heavy atom. The zero-order valence-corrected chi connectivity index (χ0v) is 9.83. The van der Waals surface area contributed by atoms with Crippen LogP contribution in [0.3, 0.4) is 0 Å². The Kier molecular flexibility index (Phi) is 3.69. The van der Waals surface area contributed by atoms with E-state index in [-0.39, 0.29) is 0 Å². The van der Waals surface area contributed by atoms with Gasteiger partial charge in [0.05, 0.1) is 6.54 Å². The van der Waals surface area contributed by atoms with Crippen LogP contribution in [-0.2, 0) is 6.54 Å². The van der Waals surface area contributed by atoms with Crippen molar-refractivity contribution in [3.63, 3.8) is 0 Å². The molecule has 86 valence electrons. The Morgan fingerprint density at radius 2 is 2.38 bits per heavy atom. The van der Waals surface area contributed by atoms with Crippen molar-refractivity contribution in [3.8, 4) is 12.3 Å². The van der Waals surface area contributed by atoms with E-state index in [0.717, 1.165) is 43.4 Å². The highest BCUT2D eigenvalue weighted by Crippen LogP contribution is 2.47. The lowest BCUT2D eigenvalue weighted by molar-refractivity contribution is 0.444. The molecule has 1 heterocycles. The summed E-state index contributed by atoms with van der Waals surface area (Å²) >= 11 is 0. The number of terminal acetylenes is 1. The van der Waals surface area contributed by atoms with Gasteiger partial charge >= 0.3 is 0 Å². The van der Waals surface area contributed by atoms with Crippen LogP contribution in [0.15, 0.2) is 16.5 Å².